The fourth-order valence-electron chi connectivity index (χ4n) is 4.37. The molecule has 0 radical (unpaired) electrons. The van der Waals surface area contributed by atoms with Gasteiger partial charge in [-0.15, -0.1) is 0 Å². The summed E-state index contributed by atoms with van der Waals surface area (Å²) in [7, 11) is 0. The highest BCUT2D eigenvalue weighted by atomic mass is 16.6. The molecule has 1 N–H and O–H groups in total. The summed E-state index contributed by atoms with van der Waals surface area (Å²) in [6.07, 6.45) is 9.46. The van der Waals surface area contributed by atoms with Crippen LogP contribution in [-0.2, 0) is 11.2 Å². The minimum Gasteiger partial charge on any atom is -0.444 e. The Morgan fingerprint density at radius 1 is 1.35 bits per heavy atom. The molecule has 4 nitrogen and oxygen atoms in total. The number of carbonyl (C=O) groups is 1. The van der Waals surface area contributed by atoms with Gasteiger partial charge in [-0.1, -0.05) is 6.07 Å². The first-order valence-corrected chi connectivity index (χ1v) is 8.79. The lowest BCUT2D eigenvalue weighted by Crippen LogP contribution is -2.41. The van der Waals surface area contributed by atoms with Crippen molar-refractivity contribution in [2.75, 3.05) is 0 Å². The SMILES string of the molecule is CC(C)(C)OC(=O)NC1CCC2CC(Cc3cccnc3)CC21. The van der Waals surface area contributed by atoms with E-state index in [4.69, 9.17) is 4.74 Å². The number of pyridine rings is 1. The highest BCUT2D eigenvalue weighted by Crippen LogP contribution is 2.47. The predicted octanol–water partition coefficient (Wildman–Crippen LogP) is 3.95. The van der Waals surface area contributed by atoms with Crippen LogP contribution in [0.25, 0.3) is 0 Å². The van der Waals surface area contributed by atoms with E-state index in [0.29, 0.717) is 5.92 Å². The topological polar surface area (TPSA) is 51.2 Å². The first kappa shape index (κ1) is 16.3. The lowest BCUT2D eigenvalue weighted by molar-refractivity contribution is 0.0490. The number of amides is 1. The van der Waals surface area contributed by atoms with Crippen molar-refractivity contribution in [1.29, 1.82) is 0 Å². The largest absolute Gasteiger partial charge is 0.444 e. The number of rotatable bonds is 3. The van der Waals surface area contributed by atoms with Gasteiger partial charge < -0.3 is 10.1 Å². The van der Waals surface area contributed by atoms with Crippen LogP contribution in [0.4, 0.5) is 4.79 Å². The van der Waals surface area contributed by atoms with E-state index >= 15 is 0 Å². The van der Waals surface area contributed by atoms with Crippen molar-refractivity contribution in [1.82, 2.24) is 10.3 Å². The van der Waals surface area contributed by atoms with Crippen LogP contribution in [0.15, 0.2) is 24.5 Å². The summed E-state index contributed by atoms with van der Waals surface area (Å²) in [4.78, 5) is 16.2. The maximum absolute atomic E-state index is 12.0. The van der Waals surface area contributed by atoms with Crippen molar-refractivity contribution in [3.8, 4) is 0 Å². The third-order valence-corrected chi connectivity index (χ3v) is 5.16. The second-order valence-corrected chi connectivity index (χ2v) is 8.16. The number of alkyl carbamates (subject to hydrolysis) is 1. The molecule has 2 fully saturated rings. The number of nitrogens with zero attached hydrogens (tertiary/aromatic N) is 1. The number of hydrogen-bond acceptors (Lipinski definition) is 3. The molecule has 0 bridgehead atoms. The summed E-state index contributed by atoms with van der Waals surface area (Å²) in [5, 5.41) is 3.12. The van der Waals surface area contributed by atoms with E-state index in [1.165, 1.54) is 24.8 Å². The molecule has 4 atom stereocenters. The fraction of sp³-hybridized carbons (Fsp3) is 0.684. The third-order valence-electron chi connectivity index (χ3n) is 5.16. The van der Waals surface area contributed by atoms with E-state index in [9.17, 15) is 4.79 Å². The molecule has 0 aromatic carbocycles. The smallest absolute Gasteiger partial charge is 0.407 e. The Kier molecular flexibility index (Phi) is 4.60. The molecule has 1 aromatic rings. The standard InChI is InChI=1S/C19H28N2O2/c1-19(2,3)23-18(22)21-17-7-6-15-10-14(11-16(15)17)9-13-5-4-8-20-12-13/h4-5,8,12,14-17H,6-7,9-11H2,1-3H3,(H,21,22). The monoisotopic (exact) mass is 316 g/mol. The molecule has 23 heavy (non-hydrogen) atoms. The molecular weight excluding hydrogens is 288 g/mol. The Morgan fingerprint density at radius 2 is 2.17 bits per heavy atom. The normalized spacial score (nSPS) is 30.0. The van der Waals surface area contributed by atoms with Crippen LogP contribution in [0.5, 0.6) is 0 Å². The quantitative estimate of drug-likeness (QED) is 0.918. The molecular formula is C19H28N2O2. The zero-order valence-electron chi connectivity index (χ0n) is 14.4. The summed E-state index contributed by atoms with van der Waals surface area (Å²) in [6, 6.07) is 4.46. The van der Waals surface area contributed by atoms with Crippen molar-refractivity contribution in [3.05, 3.63) is 30.1 Å². The molecule has 1 aromatic heterocycles. The summed E-state index contributed by atoms with van der Waals surface area (Å²) < 4.78 is 5.41. The molecule has 0 spiro atoms. The highest BCUT2D eigenvalue weighted by Gasteiger charge is 2.44. The molecule has 1 heterocycles. The molecule has 3 rings (SSSR count). The second-order valence-electron chi connectivity index (χ2n) is 8.16. The Balaban J connectivity index is 1.53. The van der Waals surface area contributed by atoms with Crippen LogP contribution in [-0.4, -0.2) is 22.7 Å². The molecule has 4 heteroatoms. The zero-order valence-corrected chi connectivity index (χ0v) is 14.4. The van der Waals surface area contributed by atoms with Crippen LogP contribution < -0.4 is 5.32 Å². The summed E-state index contributed by atoms with van der Waals surface area (Å²) in [6.45, 7) is 5.72. The third kappa shape index (κ3) is 4.24. The lowest BCUT2D eigenvalue weighted by Gasteiger charge is -2.24. The number of aromatic nitrogens is 1. The van der Waals surface area contributed by atoms with E-state index in [0.717, 1.165) is 24.7 Å². The average Bonchev–Trinajstić information content (AvgIpc) is 3.00. The summed E-state index contributed by atoms with van der Waals surface area (Å²) in [5.74, 6) is 2.10. The minimum absolute atomic E-state index is 0.265. The van der Waals surface area contributed by atoms with Gasteiger partial charge in [0, 0.05) is 18.4 Å². The van der Waals surface area contributed by atoms with Gasteiger partial charge in [0.1, 0.15) is 5.60 Å². The molecule has 126 valence electrons. The molecule has 4 unspecified atom stereocenters. The number of carbonyl (C=O) groups excluding carboxylic acids is 1. The Bertz CT molecular complexity index is 538. The van der Waals surface area contributed by atoms with E-state index in [-0.39, 0.29) is 12.1 Å². The van der Waals surface area contributed by atoms with Gasteiger partial charge in [0.2, 0.25) is 0 Å². The van der Waals surface area contributed by atoms with Crippen LogP contribution in [0.1, 0.15) is 52.0 Å². The van der Waals surface area contributed by atoms with Gasteiger partial charge in [-0.05, 0) is 82.3 Å². The maximum atomic E-state index is 12.0. The first-order valence-electron chi connectivity index (χ1n) is 8.79. The van der Waals surface area contributed by atoms with E-state index in [2.05, 4.69) is 16.4 Å². The van der Waals surface area contributed by atoms with E-state index < -0.39 is 5.60 Å². The number of nitrogens with one attached hydrogen (secondary N) is 1. The van der Waals surface area contributed by atoms with E-state index in [1.807, 2.05) is 39.2 Å². The number of ether oxygens (including phenoxy) is 1. The van der Waals surface area contributed by atoms with Gasteiger partial charge >= 0.3 is 6.09 Å². The van der Waals surface area contributed by atoms with Gasteiger partial charge in [-0.3, -0.25) is 4.98 Å². The molecule has 2 saturated carbocycles. The van der Waals surface area contributed by atoms with Crippen molar-refractivity contribution in [3.63, 3.8) is 0 Å². The minimum atomic E-state index is -0.430. The van der Waals surface area contributed by atoms with Crippen molar-refractivity contribution >= 4 is 6.09 Å². The van der Waals surface area contributed by atoms with Gasteiger partial charge in [-0.25, -0.2) is 4.79 Å². The van der Waals surface area contributed by atoms with Crippen LogP contribution in [0.2, 0.25) is 0 Å². The highest BCUT2D eigenvalue weighted by molar-refractivity contribution is 5.68. The summed E-state index contributed by atoms with van der Waals surface area (Å²) >= 11 is 0. The lowest BCUT2D eigenvalue weighted by atomic mass is 9.95. The van der Waals surface area contributed by atoms with Crippen LogP contribution in [0, 0.1) is 17.8 Å². The second kappa shape index (κ2) is 6.50. The maximum Gasteiger partial charge on any atom is 0.407 e. The molecule has 2 aliphatic rings. The van der Waals surface area contributed by atoms with Crippen molar-refractivity contribution < 1.29 is 9.53 Å². The van der Waals surface area contributed by atoms with Gasteiger partial charge in [0.25, 0.3) is 0 Å². The molecule has 2 aliphatic carbocycles. The molecule has 0 saturated heterocycles. The van der Waals surface area contributed by atoms with Crippen LogP contribution in [0.3, 0.4) is 0 Å². The fourth-order valence-corrected chi connectivity index (χ4v) is 4.37. The zero-order chi connectivity index (χ0) is 16.4. The van der Waals surface area contributed by atoms with E-state index in [1.54, 1.807) is 0 Å². The van der Waals surface area contributed by atoms with Gasteiger partial charge in [0.05, 0.1) is 0 Å². The Labute approximate surface area is 139 Å². The predicted molar refractivity (Wildman–Crippen MR) is 90.0 cm³/mol. The number of hydrogen-bond donors (Lipinski definition) is 1. The molecule has 0 aliphatic heterocycles. The van der Waals surface area contributed by atoms with Crippen molar-refractivity contribution in [2.24, 2.45) is 17.8 Å². The molecule has 1 amide bonds. The Hall–Kier alpha value is -1.58. The van der Waals surface area contributed by atoms with Crippen LogP contribution >= 0.6 is 0 Å². The van der Waals surface area contributed by atoms with Crippen molar-refractivity contribution in [2.45, 2.75) is 64.5 Å². The number of fused-ring (bicyclic) bond motifs is 1. The first-order chi connectivity index (χ1) is 10.9. The van der Waals surface area contributed by atoms with Gasteiger partial charge in [-0.2, -0.15) is 0 Å². The van der Waals surface area contributed by atoms with Gasteiger partial charge in [0.15, 0.2) is 0 Å². The Morgan fingerprint density at radius 3 is 2.87 bits per heavy atom. The average molecular weight is 316 g/mol. The summed E-state index contributed by atoms with van der Waals surface area (Å²) in [5.41, 5.74) is 0.898.